The first-order chi connectivity index (χ1) is 12.2. The van der Waals surface area contributed by atoms with Crippen molar-refractivity contribution in [3.63, 3.8) is 0 Å². The van der Waals surface area contributed by atoms with Gasteiger partial charge in [0.25, 0.3) is 0 Å². The molecule has 5 nitrogen and oxygen atoms in total. The summed E-state index contributed by atoms with van der Waals surface area (Å²) in [6.07, 6.45) is 5.99. The van der Waals surface area contributed by atoms with Crippen LogP contribution in [0.4, 0.5) is 4.39 Å². The molecular formula is C19H23FN4O. The molecule has 2 atom stereocenters. The highest BCUT2D eigenvalue weighted by atomic mass is 19.1. The number of rotatable bonds is 5. The van der Waals surface area contributed by atoms with Crippen LogP contribution >= 0.6 is 0 Å². The van der Waals surface area contributed by atoms with Crippen molar-refractivity contribution in [2.45, 2.75) is 43.7 Å². The van der Waals surface area contributed by atoms with Gasteiger partial charge in [0.15, 0.2) is 0 Å². The van der Waals surface area contributed by atoms with Gasteiger partial charge in [0.1, 0.15) is 11.9 Å². The molecule has 1 saturated heterocycles. The predicted molar refractivity (Wildman–Crippen MR) is 92.4 cm³/mol. The quantitative estimate of drug-likeness (QED) is 0.878. The van der Waals surface area contributed by atoms with Gasteiger partial charge in [0.05, 0.1) is 0 Å². The van der Waals surface area contributed by atoms with E-state index >= 15 is 0 Å². The number of aromatic amines is 1. The molecule has 1 aliphatic carbocycles. The monoisotopic (exact) mass is 342 g/mol. The number of carbonyl (C=O) groups is 1. The first kappa shape index (κ1) is 16.3. The Labute approximate surface area is 146 Å². The number of H-pyrrole nitrogens is 1. The van der Waals surface area contributed by atoms with E-state index in [1.54, 1.807) is 18.3 Å². The summed E-state index contributed by atoms with van der Waals surface area (Å²) in [4.78, 5) is 15.1. The molecule has 1 amide bonds. The molecule has 132 valence electrons. The second kappa shape index (κ2) is 6.96. The van der Waals surface area contributed by atoms with Crippen LogP contribution in [0.1, 0.15) is 48.9 Å². The third kappa shape index (κ3) is 3.74. The van der Waals surface area contributed by atoms with Crippen LogP contribution in [0.3, 0.4) is 0 Å². The Morgan fingerprint density at radius 3 is 2.72 bits per heavy atom. The zero-order chi connectivity index (χ0) is 17.2. The Balaban J connectivity index is 1.57. The van der Waals surface area contributed by atoms with Crippen molar-refractivity contribution in [2.24, 2.45) is 0 Å². The number of amides is 1. The van der Waals surface area contributed by atoms with Gasteiger partial charge in [-0.1, -0.05) is 12.1 Å². The first-order valence-corrected chi connectivity index (χ1v) is 9.00. The molecule has 1 aromatic heterocycles. The second-order valence-corrected chi connectivity index (χ2v) is 7.08. The van der Waals surface area contributed by atoms with E-state index in [1.807, 2.05) is 6.07 Å². The molecule has 4 rings (SSSR count). The summed E-state index contributed by atoms with van der Waals surface area (Å²) in [6.45, 7) is 1.66. The molecule has 0 spiro atoms. The van der Waals surface area contributed by atoms with Crippen LogP contribution in [0.2, 0.25) is 0 Å². The average Bonchev–Trinajstić information content (AvgIpc) is 3.25. The lowest BCUT2D eigenvalue weighted by Gasteiger charge is -2.37. The van der Waals surface area contributed by atoms with Crippen LogP contribution in [0.25, 0.3) is 0 Å². The molecule has 0 bridgehead atoms. The van der Waals surface area contributed by atoms with Gasteiger partial charge in [0, 0.05) is 30.4 Å². The smallest absolute Gasteiger partial charge is 0.242 e. The summed E-state index contributed by atoms with van der Waals surface area (Å²) in [6, 6.07) is 8.27. The topological polar surface area (TPSA) is 61.0 Å². The fraction of sp³-hybridized carbons (Fsp3) is 0.474. The van der Waals surface area contributed by atoms with Crippen LogP contribution in [0.15, 0.2) is 36.5 Å². The number of nitrogens with zero attached hydrogens (tertiary/aromatic N) is 2. The van der Waals surface area contributed by atoms with Crippen molar-refractivity contribution in [1.29, 1.82) is 0 Å². The molecule has 1 aliphatic heterocycles. The van der Waals surface area contributed by atoms with E-state index in [2.05, 4.69) is 20.4 Å². The van der Waals surface area contributed by atoms with Crippen molar-refractivity contribution in [2.75, 3.05) is 13.1 Å². The van der Waals surface area contributed by atoms with Crippen LogP contribution < -0.4 is 5.32 Å². The lowest BCUT2D eigenvalue weighted by Crippen LogP contribution is -2.45. The van der Waals surface area contributed by atoms with Crippen molar-refractivity contribution in [3.05, 3.63) is 53.6 Å². The van der Waals surface area contributed by atoms with Crippen molar-refractivity contribution in [3.8, 4) is 0 Å². The fourth-order valence-corrected chi connectivity index (χ4v) is 3.67. The van der Waals surface area contributed by atoms with Crippen LogP contribution in [-0.2, 0) is 4.79 Å². The lowest BCUT2D eigenvalue weighted by atomic mass is 9.92. The maximum Gasteiger partial charge on any atom is 0.242 e. The van der Waals surface area contributed by atoms with E-state index < -0.39 is 0 Å². The van der Waals surface area contributed by atoms with E-state index in [1.165, 1.54) is 12.1 Å². The Kier molecular flexibility index (Phi) is 4.53. The van der Waals surface area contributed by atoms with Gasteiger partial charge >= 0.3 is 0 Å². The molecule has 0 unspecified atom stereocenters. The fourth-order valence-electron chi connectivity index (χ4n) is 3.67. The number of aromatic nitrogens is 2. The van der Waals surface area contributed by atoms with Gasteiger partial charge in [0.2, 0.25) is 5.91 Å². The molecule has 1 aromatic carbocycles. The van der Waals surface area contributed by atoms with Crippen molar-refractivity contribution in [1.82, 2.24) is 20.4 Å². The van der Waals surface area contributed by atoms with Crippen molar-refractivity contribution >= 4 is 5.91 Å². The SMILES string of the molecule is O=C(NC1CC1)[C@@H](c1ccc(F)cc1)N1CCC[C@@H](c2ccn[nH]2)C1. The summed E-state index contributed by atoms with van der Waals surface area (Å²) in [5.41, 5.74) is 1.97. The average molecular weight is 342 g/mol. The van der Waals surface area contributed by atoms with Gasteiger partial charge < -0.3 is 5.32 Å². The predicted octanol–water partition coefficient (Wildman–Crippen LogP) is 2.75. The minimum atomic E-state index is -0.369. The molecule has 25 heavy (non-hydrogen) atoms. The molecule has 6 heteroatoms. The van der Waals surface area contributed by atoms with Gasteiger partial charge in [-0.25, -0.2) is 4.39 Å². The highest BCUT2D eigenvalue weighted by Crippen LogP contribution is 2.32. The van der Waals surface area contributed by atoms with Crippen LogP contribution in [0, 0.1) is 5.82 Å². The van der Waals surface area contributed by atoms with Crippen LogP contribution in [0.5, 0.6) is 0 Å². The summed E-state index contributed by atoms with van der Waals surface area (Å²) in [5, 5.41) is 10.2. The molecule has 2 aliphatic rings. The molecule has 1 saturated carbocycles. The maximum absolute atomic E-state index is 13.3. The van der Waals surface area contributed by atoms with Gasteiger partial charge in [-0.15, -0.1) is 0 Å². The molecule has 2 aromatic rings. The number of carbonyl (C=O) groups excluding carboxylic acids is 1. The minimum absolute atomic E-state index is 0.0272. The largest absolute Gasteiger partial charge is 0.352 e. The number of halogens is 1. The Morgan fingerprint density at radius 2 is 2.04 bits per heavy atom. The summed E-state index contributed by atoms with van der Waals surface area (Å²) >= 11 is 0. The van der Waals surface area contributed by atoms with E-state index in [4.69, 9.17) is 0 Å². The first-order valence-electron chi connectivity index (χ1n) is 9.00. The molecular weight excluding hydrogens is 319 g/mol. The maximum atomic E-state index is 13.3. The van der Waals surface area contributed by atoms with E-state index in [9.17, 15) is 9.18 Å². The zero-order valence-corrected chi connectivity index (χ0v) is 14.1. The number of benzene rings is 1. The normalized spacial score (nSPS) is 22.5. The number of piperidine rings is 1. The Morgan fingerprint density at radius 1 is 1.24 bits per heavy atom. The van der Waals surface area contributed by atoms with E-state index in [-0.39, 0.29) is 17.8 Å². The van der Waals surface area contributed by atoms with Crippen molar-refractivity contribution < 1.29 is 9.18 Å². The minimum Gasteiger partial charge on any atom is -0.352 e. The highest BCUT2D eigenvalue weighted by Gasteiger charge is 2.35. The lowest BCUT2D eigenvalue weighted by molar-refractivity contribution is -0.127. The molecule has 2 fully saturated rings. The third-order valence-corrected chi connectivity index (χ3v) is 5.14. The molecule has 0 radical (unpaired) electrons. The number of hydrogen-bond acceptors (Lipinski definition) is 3. The van der Waals surface area contributed by atoms with Gasteiger partial charge in [-0.05, 0) is 56.0 Å². The third-order valence-electron chi connectivity index (χ3n) is 5.14. The molecule has 2 heterocycles. The van der Waals surface area contributed by atoms with Crippen LogP contribution in [-0.4, -0.2) is 40.1 Å². The summed E-state index contributed by atoms with van der Waals surface area (Å²) in [5.74, 6) is 0.0892. The van der Waals surface area contributed by atoms with E-state index in [0.29, 0.717) is 12.0 Å². The number of nitrogens with one attached hydrogen (secondary N) is 2. The number of likely N-dealkylation sites (tertiary alicyclic amines) is 1. The van der Waals surface area contributed by atoms with Gasteiger partial charge in [-0.3, -0.25) is 14.8 Å². The summed E-state index contributed by atoms with van der Waals surface area (Å²) in [7, 11) is 0. The second-order valence-electron chi connectivity index (χ2n) is 7.08. The van der Waals surface area contributed by atoms with Gasteiger partial charge in [-0.2, -0.15) is 5.10 Å². The zero-order valence-electron chi connectivity index (χ0n) is 14.1. The molecule has 2 N–H and O–H groups in total. The highest BCUT2D eigenvalue weighted by molar-refractivity contribution is 5.83. The Bertz CT molecular complexity index is 712. The number of hydrogen-bond donors (Lipinski definition) is 2. The Hall–Kier alpha value is -2.21. The summed E-state index contributed by atoms with van der Waals surface area (Å²) < 4.78 is 13.3. The van der Waals surface area contributed by atoms with E-state index in [0.717, 1.165) is 50.0 Å². The standard InChI is InChI=1S/C19H23FN4O/c20-15-5-3-13(4-6-15)18(19(25)22-16-7-8-16)24-11-1-2-14(12-24)17-9-10-21-23-17/h3-6,9-10,14,16,18H,1-2,7-8,11-12H2,(H,21,23)(H,22,25)/t14-,18-/m1/s1.